The van der Waals surface area contributed by atoms with Crippen LogP contribution in [0.25, 0.3) is 0 Å². The first-order valence-electron chi connectivity index (χ1n) is 6.01. The maximum atomic E-state index is 9.06. The predicted octanol–water partition coefficient (Wildman–Crippen LogP) is 2.27. The Labute approximate surface area is 108 Å². The van der Waals surface area contributed by atoms with E-state index in [1.165, 1.54) is 5.56 Å². The molecule has 0 aromatic heterocycles. The number of hydrogen-bond acceptors (Lipinski definition) is 3. The molecule has 0 saturated carbocycles. The summed E-state index contributed by atoms with van der Waals surface area (Å²) in [5.41, 5.74) is 2.17. The first kappa shape index (κ1) is 14.3. The van der Waals surface area contributed by atoms with Gasteiger partial charge in [0.25, 0.3) is 0 Å². The molecule has 0 heterocycles. The summed E-state index contributed by atoms with van der Waals surface area (Å²) in [5, 5.41) is 12.9. The van der Waals surface area contributed by atoms with Crippen LogP contribution in [-0.4, -0.2) is 31.9 Å². The van der Waals surface area contributed by atoms with Gasteiger partial charge in [-0.2, -0.15) is 0 Å². The summed E-state index contributed by atoms with van der Waals surface area (Å²) >= 11 is 6.28. The average Bonchev–Trinajstić information content (AvgIpc) is 2.29. The monoisotopic (exact) mass is 256 g/mol. The average molecular weight is 257 g/mol. The molecule has 3 nitrogen and oxygen atoms in total. The number of halogens is 1. The van der Waals surface area contributed by atoms with E-state index in [1.54, 1.807) is 0 Å². The summed E-state index contributed by atoms with van der Waals surface area (Å²) in [6.45, 7) is 4.61. The van der Waals surface area contributed by atoms with Crippen molar-refractivity contribution in [2.45, 2.75) is 19.9 Å². The Morgan fingerprint density at radius 3 is 2.65 bits per heavy atom. The molecule has 1 aromatic rings. The minimum Gasteiger partial charge on any atom is -0.395 e. The van der Waals surface area contributed by atoms with Crippen molar-refractivity contribution in [3.05, 3.63) is 28.8 Å². The van der Waals surface area contributed by atoms with Crippen molar-refractivity contribution < 1.29 is 5.11 Å². The van der Waals surface area contributed by atoms with Crippen LogP contribution in [-0.2, 0) is 6.54 Å². The highest BCUT2D eigenvalue weighted by molar-refractivity contribution is 6.33. The highest BCUT2D eigenvalue weighted by atomic mass is 35.5. The molecule has 0 atom stereocenters. The highest BCUT2D eigenvalue weighted by Crippen LogP contribution is 2.27. The fourth-order valence-electron chi connectivity index (χ4n) is 1.86. The standard InChI is InChI=1S/C13H21ClN2O/c1-3-6-16(7-8-17)13-5-4-11(10-15-2)9-12(13)14/h4-5,9,15,17H,3,6-8,10H2,1-2H3. The quantitative estimate of drug-likeness (QED) is 0.786. The number of rotatable bonds is 7. The topological polar surface area (TPSA) is 35.5 Å². The number of anilines is 1. The molecular weight excluding hydrogens is 236 g/mol. The third-order valence-electron chi connectivity index (χ3n) is 2.60. The van der Waals surface area contributed by atoms with Gasteiger partial charge in [-0.15, -0.1) is 0 Å². The van der Waals surface area contributed by atoms with Crippen molar-refractivity contribution in [1.82, 2.24) is 5.32 Å². The van der Waals surface area contributed by atoms with Gasteiger partial charge in [0.05, 0.1) is 17.3 Å². The fraction of sp³-hybridized carbons (Fsp3) is 0.538. The second-order valence-electron chi connectivity index (χ2n) is 4.03. The second-order valence-corrected chi connectivity index (χ2v) is 4.43. The molecule has 1 aromatic carbocycles. The van der Waals surface area contributed by atoms with Crippen molar-refractivity contribution in [1.29, 1.82) is 0 Å². The van der Waals surface area contributed by atoms with Crippen LogP contribution in [0, 0.1) is 0 Å². The Kier molecular flexibility index (Phi) is 6.34. The third kappa shape index (κ3) is 4.19. The normalized spacial score (nSPS) is 10.6. The van der Waals surface area contributed by atoms with Crippen molar-refractivity contribution in [3.8, 4) is 0 Å². The first-order chi connectivity index (χ1) is 8.22. The van der Waals surface area contributed by atoms with Gasteiger partial charge in [0.2, 0.25) is 0 Å². The van der Waals surface area contributed by atoms with E-state index in [0.717, 1.165) is 30.2 Å². The highest BCUT2D eigenvalue weighted by Gasteiger charge is 2.09. The van der Waals surface area contributed by atoms with E-state index in [9.17, 15) is 0 Å². The Hall–Kier alpha value is -0.770. The summed E-state index contributed by atoms with van der Waals surface area (Å²) in [6, 6.07) is 6.07. The van der Waals surface area contributed by atoms with Gasteiger partial charge in [0, 0.05) is 19.6 Å². The van der Waals surface area contributed by atoms with E-state index in [-0.39, 0.29) is 6.61 Å². The van der Waals surface area contributed by atoms with Crippen molar-refractivity contribution in [2.24, 2.45) is 0 Å². The minimum absolute atomic E-state index is 0.147. The fourth-order valence-corrected chi connectivity index (χ4v) is 2.19. The summed E-state index contributed by atoms with van der Waals surface area (Å²) in [4.78, 5) is 2.12. The zero-order valence-corrected chi connectivity index (χ0v) is 11.3. The van der Waals surface area contributed by atoms with Crippen LogP contribution in [0.15, 0.2) is 18.2 Å². The molecule has 1 rings (SSSR count). The molecule has 0 spiro atoms. The van der Waals surface area contributed by atoms with Gasteiger partial charge in [-0.3, -0.25) is 0 Å². The SMILES string of the molecule is CCCN(CCO)c1ccc(CNC)cc1Cl. The molecule has 17 heavy (non-hydrogen) atoms. The molecule has 0 aliphatic heterocycles. The number of nitrogens with zero attached hydrogens (tertiary/aromatic N) is 1. The first-order valence-corrected chi connectivity index (χ1v) is 6.39. The van der Waals surface area contributed by atoms with E-state index >= 15 is 0 Å². The molecule has 0 fully saturated rings. The summed E-state index contributed by atoms with van der Waals surface area (Å²) in [5.74, 6) is 0. The zero-order chi connectivity index (χ0) is 12.7. The molecular formula is C13H21ClN2O. The Morgan fingerprint density at radius 1 is 1.35 bits per heavy atom. The van der Waals surface area contributed by atoms with E-state index in [4.69, 9.17) is 16.7 Å². The molecule has 2 N–H and O–H groups in total. The molecule has 4 heteroatoms. The Morgan fingerprint density at radius 2 is 2.12 bits per heavy atom. The molecule has 0 aliphatic rings. The van der Waals surface area contributed by atoms with Gasteiger partial charge in [-0.05, 0) is 31.2 Å². The maximum Gasteiger partial charge on any atom is 0.0642 e. The number of nitrogens with one attached hydrogen (secondary N) is 1. The lowest BCUT2D eigenvalue weighted by Gasteiger charge is -2.24. The number of aliphatic hydroxyl groups is 1. The number of hydrogen-bond donors (Lipinski definition) is 2. The van der Waals surface area contributed by atoms with Crippen LogP contribution >= 0.6 is 11.6 Å². The molecule has 0 unspecified atom stereocenters. The van der Waals surface area contributed by atoms with Gasteiger partial charge in [-0.25, -0.2) is 0 Å². The van der Waals surface area contributed by atoms with Gasteiger partial charge in [0.15, 0.2) is 0 Å². The molecule has 0 radical (unpaired) electrons. The van der Waals surface area contributed by atoms with E-state index < -0.39 is 0 Å². The summed E-state index contributed by atoms with van der Waals surface area (Å²) in [6.07, 6.45) is 1.04. The van der Waals surface area contributed by atoms with E-state index in [0.29, 0.717) is 6.54 Å². The summed E-state index contributed by atoms with van der Waals surface area (Å²) < 4.78 is 0. The lowest BCUT2D eigenvalue weighted by Crippen LogP contribution is -2.27. The van der Waals surface area contributed by atoms with Crippen molar-refractivity contribution in [2.75, 3.05) is 31.6 Å². The van der Waals surface area contributed by atoms with Crippen LogP contribution in [0.1, 0.15) is 18.9 Å². The number of aliphatic hydroxyl groups excluding tert-OH is 1. The van der Waals surface area contributed by atoms with Gasteiger partial charge in [-0.1, -0.05) is 24.6 Å². The van der Waals surface area contributed by atoms with E-state index in [2.05, 4.69) is 23.2 Å². The van der Waals surface area contributed by atoms with Crippen LogP contribution in [0.4, 0.5) is 5.69 Å². The van der Waals surface area contributed by atoms with Crippen LogP contribution in [0.3, 0.4) is 0 Å². The van der Waals surface area contributed by atoms with Crippen molar-refractivity contribution in [3.63, 3.8) is 0 Å². The maximum absolute atomic E-state index is 9.06. The molecule has 0 amide bonds. The van der Waals surface area contributed by atoms with Crippen molar-refractivity contribution >= 4 is 17.3 Å². The minimum atomic E-state index is 0.147. The Balaban J connectivity index is 2.87. The van der Waals surface area contributed by atoms with Crippen LogP contribution in [0.2, 0.25) is 5.02 Å². The molecule has 0 bridgehead atoms. The zero-order valence-electron chi connectivity index (χ0n) is 10.5. The van der Waals surface area contributed by atoms with Gasteiger partial charge in [0.1, 0.15) is 0 Å². The summed E-state index contributed by atoms with van der Waals surface area (Å²) in [7, 11) is 1.91. The molecule has 0 saturated heterocycles. The van der Waals surface area contributed by atoms with Crippen LogP contribution < -0.4 is 10.2 Å². The lowest BCUT2D eigenvalue weighted by molar-refractivity contribution is 0.302. The molecule has 96 valence electrons. The lowest BCUT2D eigenvalue weighted by atomic mass is 10.2. The van der Waals surface area contributed by atoms with Gasteiger partial charge < -0.3 is 15.3 Å². The second kappa shape index (κ2) is 7.54. The van der Waals surface area contributed by atoms with Crippen LogP contribution in [0.5, 0.6) is 0 Å². The third-order valence-corrected chi connectivity index (χ3v) is 2.90. The molecule has 0 aliphatic carbocycles. The van der Waals surface area contributed by atoms with Gasteiger partial charge >= 0.3 is 0 Å². The largest absolute Gasteiger partial charge is 0.395 e. The smallest absolute Gasteiger partial charge is 0.0642 e. The van der Waals surface area contributed by atoms with E-state index in [1.807, 2.05) is 19.2 Å². The predicted molar refractivity (Wildman–Crippen MR) is 73.8 cm³/mol. The Bertz CT molecular complexity index is 338. The number of benzene rings is 1.